The van der Waals surface area contributed by atoms with Gasteiger partial charge >= 0.3 is 0 Å². The van der Waals surface area contributed by atoms with Gasteiger partial charge in [-0.2, -0.15) is 0 Å². The Kier molecular flexibility index (Phi) is 1.75. The topological polar surface area (TPSA) is 12.9 Å². The molecule has 1 heterocycles. The van der Waals surface area contributed by atoms with Crippen molar-refractivity contribution in [2.24, 2.45) is 0 Å². The molecular formula is C13H10BN. The molecule has 1 aromatic heterocycles. The van der Waals surface area contributed by atoms with Crippen molar-refractivity contribution in [1.29, 1.82) is 0 Å². The van der Waals surface area contributed by atoms with Crippen LogP contribution >= 0.6 is 0 Å². The molecule has 15 heavy (non-hydrogen) atoms. The van der Waals surface area contributed by atoms with Crippen LogP contribution in [0.15, 0.2) is 48.7 Å². The van der Waals surface area contributed by atoms with E-state index in [1.165, 1.54) is 21.6 Å². The molecule has 0 radical (unpaired) electrons. The van der Waals surface area contributed by atoms with E-state index in [9.17, 15) is 0 Å². The van der Waals surface area contributed by atoms with E-state index in [0.29, 0.717) is 0 Å². The maximum absolute atomic E-state index is 4.51. The summed E-state index contributed by atoms with van der Waals surface area (Å²) in [5.41, 5.74) is 2.30. The van der Waals surface area contributed by atoms with Crippen LogP contribution in [0.2, 0.25) is 0 Å². The first-order valence-corrected chi connectivity index (χ1v) is 5.09. The number of aromatic nitrogens is 1. The van der Waals surface area contributed by atoms with Gasteiger partial charge in [0.1, 0.15) is 7.85 Å². The third-order valence-electron chi connectivity index (χ3n) is 2.71. The Balaban J connectivity index is 2.55. The molecule has 3 aromatic rings. The molecule has 1 nitrogen and oxygen atoms in total. The van der Waals surface area contributed by atoms with Gasteiger partial charge < -0.3 is 0 Å². The second kappa shape index (κ2) is 3.09. The molecule has 2 aromatic carbocycles. The molecule has 0 saturated carbocycles. The van der Waals surface area contributed by atoms with Crippen LogP contribution < -0.4 is 5.46 Å². The van der Waals surface area contributed by atoms with Crippen LogP contribution in [0.3, 0.4) is 0 Å². The van der Waals surface area contributed by atoms with Gasteiger partial charge in [-0.1, -0.05) is 47.9 Å². The zero-order chi connectivity index (χ0) is 10.3. The molecule has 0 unspecified atom stereocenters. The van der Waals surface area contributed by atoms with E-state index in [-0.39, 0.29) is 0 Å². The van der Waals surface area contributed by atoms with Gasteiger partial charge in [0.15, 0.2) is 0 Å². The van der Waals surface area contributed by atoms with Crippen molar-refractivity contribution in [1.82, 2.24) is 4.98 Å². The second-order valence-electron chi connectivity index (χ2n) is 3.87. The van der Waals surface area contributed by atoms with E-state index < -0.39 is 0 Å². The van der Waals surface area contributed by atoms with Gasteiger partial charge in [-0.25, -0.2) is 0 Å². The Labute approximate surface area is 89.2 Å². The lowest BCUT2D eigenvalue weighted by atomic mass is 9.96. The van der Waals surface area contributed by atoms with E-state index in [0.717, 1.165) is 5.52 Å². The lowest BCUT2D eigenvalue weighted by Gasteiger charge is -2.03. The highest BCUT2D eigenvalue weighted by molar-refractivity contribution is 6.33. The molecular weight excluding hydrogens is 181 g/mol. The quantitative estimate of drug-likeness (QED) is 0.389. The summed E-state index contributed by atoms with van der Waals surface area (Å²) in [6.45, 7) is 0. The minimum absolute atomic E-state index is 1.10. The van der Waals surface area contributed by atoms with Gasteiger partial charge in [-0.15, -0.1) is 0 Å². The highest BCUT2D eigenvalue weighted by atomic mass is 14.6. The molecule has 0 aliphatic rings. The fraction of sp³-hybridized carbons (Fsp3) is 0. The zero-order valence-corrected chi connectivity index (χ0v) is 8.57. The van der Waals surface area contributed by atoms with E-state index in [4.69, 9.17) is 0 Å². The monoisotopic (exact) mass is 191 g/mol. The van der Waals surface area contributed by atoms with Crippen molar-refractivity contribution in [2.45, 2.75) is 0 Å². The Hall–Kier alpha value is -1.83. The van der Waals surface area contributed by atoms with Crippen molar-refractivity contribution in [2.75, 3.05) is 0 Å². The summed E-state index contributed by atoms with van der Waals surface area (Å²) in [5, 5.41) is 3.70. The van der Waals surface area contributed by atoms with E-state index >= 15 is 0 Å². The molecule has 0 aliphatic carbocycles. The third-order valence-corrected chi connectivity index (χ3v) is 2.71. The van der Waals surface area contributed by atoms with E-state index in [1.54, 1.807) is 0 Å². The van der Waals surface area contributed by atoms with Crippen LogP contribution in [0.4, 0.5) is 0 Å². The SMILES string of the molecule is Bc1cnc2c(ccc3ccccc32)c1. The number of hydrogen-bond donors (Lipinski definition) is 0. The highest BCUT2D eigenvalue weighted by Crippen LogP contribution is 2.22. The largest absolute Gasteiger partial charge is 0.256 e. The van der Waals surface area contributed by atoms with Crippen molar-refractivity contribution in [3.63, 3.8) is 0 Å². The smallest absolute Gasteiger partial charge is 0.141 e. The number of benzene rings is 2. The van der Waals surface area contributed by atoms with Gasteiger partial charge in [0.25, 0.3) is 0 Å². The molecule has 0 aliphatic heterocycles. The predicted octanol–water partition coefficient (Wildman–Crippen LogP) is 1.65. The molecule has 0 amide bonds. The minimum atomic E-state index is 1.10. The molecule has 70 valence electrons. The summed E-state index contributed by atoms with van der Waals surface area (Å²) in [7, 11) is 2.07. The van der Waals surface area contributed by atoms with Crippen LogP contribution in [0.25, 0.3) is 21.7 Å². The number of rotatable bonds is 0. The third kappa shape index (κ3) is 1.30. The van der Waals surface area contributed by atoms with Crippen molar-refractivity contribution in [3.8, 4) is 0 Å². The standard InChI is InChI=1S/C13H10BN/c14-11-7-10-6-5-9-3-1-2-4-12(9)13(10)15-8-11/h1-8H,14H2. The number of nitrogens with zero attached hydrogens (tertiary/aromatic N) is 1. The van der Waals surface area contributed by atoms with E-state index in [1.807, 2.05) is 6.20 Å². The summed E-state index contributed by atoms with van der Waals surface area (Å²) >= 11 is 0. The Bertz CT molecular complexity index is 646. The van der Waals surface area contributed by atoms with Crippen LogP contribution in [-0.2, 0) is 0 Å². The maximum atomic E-state index is 4.51. The zero-order valence-electron chi connectivity index (χ0n) is 8.57. The average Bonchev–Trinajstić information content (AvgIpc) is 2.28. The first-order chi connectivity index (χ1) is 7.34. The van der Waals surface area contributed by atoms with Crippen molar-refractivity contribution in [3.05, 3.63) is 48.7 Å². The van der Waals surface area contributed by atoms with Gasteiger partial charge in [0.05, 0.1) is 5.52 Å². The molecule has 0 N–H and O–H groups in total. The molecule has 2 heteroatoms. The molecule has 0 atom stereocenters. The lowest BCUT2D eigenvalue weighted by molar-refractivity contribution is 1.45. The van der Waals surface area contributed by atoms with E-state index in [2.05, 4.69) is 55.3 Å². The maximum Gasteiger partial charge on any atom is 0.141 e. The Morgan fingerprint density at radius 3 is 2.67 bits per heavy atom. The molecule has 3 rings (SSSR count). The molecule has 0 spiro atoms. The van der Waals surface area contributed by atoms with Crippen molar-refractivity contribution >= 4 is 35.0 Å². The first-order valence-electron chi connectivity index (χ1n) is 5.09. The van der Waals surface area contributed by atoms with Gasteiger partial charge in [-0.3, -0.25) is 4.98 Å². The fourth-order valence-corrected chi connectivity index (χ4v) is 1.98. The normalized spacial score (nSPS) is 10.9. The summed E-state index contributed by atoms with van der Waals surface area (Å²) < 4.78 is 0. The number of fused-ring (bicyclic) bond motifs is 3. The van der Waals surface area contributed by atoms with Crippen LogP contribution in [0, 0.1) is 0 Å². The van der Waals surface area contributed by atoms with Gasteiger partial charge in [-0.05, 0) is 5.39 Å². The minimum Gasteiger partial charge on any atom is -0.256 e. The molecule has 0 fully saturated rings. The fourth-order valence-electron chi connectivity index (χ4n) is 1.98. The second-order valence-corrected chi connectivity index (χ2v) is 3.87. The molecule has 0 saturated heterocycles. The van der Waals surface area contributed by atoms with Gasteiger partial charge in [0.2, 0.25) is 0 Å². The van der Waals surface area contributed by atoms with Crippen LogP contribution in [-0.4, -0.2) is 12.8 Å². The van der Waals surface area contributed by atoms with Crippen LogP contribution in [0.1, 0.15) is 0 Å². The van der Waals surface area contributed by atoms with Gasteiger partial charge in [0, 0.05) is 17.0 Å². The summed E-state index contributed by atoms with van der Waals surface area (Å²) in [6.07, 6.45) is 1.93. The molecule has 0 bridgehead atoms. The summed E-state index contributed by atoms with van der Waals surface area (Å²) in [6, 6.07) is 14.8. The Morgan fingerprint density at radius 1 is 0.933 bits per heavy atom. The number of pyridine rings is 1. The predicted molar refractivity (Wildman–Crippen MR) is 67.4 cm³/mol. The van der Waals surface area contributed by atoms with Crippen LogP contribution in [0.5, 0.6) is 0 Å². The Morgan fingerprint density at radius 2 is 1.73 bits per heavy atom. The lowest BCUT2D eigenvalue weighted by Crippen LogP contribution is -2.02. The highest BCUT2D eigenvalue weighted by Gasteiger charge is 2.00. The average molecular weight is 191 g/mol. The van der Waals surface area contributed by atoms with Crippen molar-refractivity contribution < 1.29 is 0 Å². The first kappa shape index (κ1) is 8.48. The number of hydrogen-bond acceptors (Lipinski definition) is 1. The summed E-state index contributed by atoms with van der Waals surface area (Å²) in [5.74, 6) is 0. The summed E-state index contributed by atoms with van der Waals surface area (Å²) in [4.78, 5) is 4.51.